The molecule has 3 N–H and O–H groups in total. The van der Waals surface area contributed by atoms with Crippen LogP contribution in [0.25, 0.3) is 0 Å². The Balaban J connectivity index is 2.52. The van der Waals surface area contributed by atoms with E-state index in [9.17, 15) is 4.79 Å². The lowest BCUT2D eigenvalue weighted by atomic mass is 10.2. The van der Waals surface area contributed by atoms with Crippen LogP contribution in [0.3, 0.4) is 0 Å². The molecule has 0 saturated heterocycles. The van der Waals surface area contributed by atoms with Crippen molar-refractivity contribution >= 4 is 17.3 Å². The molecule has 0 aliphatic rings. The summed E-state index contributed by atoms with van der Waals surface area (Å²) in [5.41, 5.74) is 6.83. The number of benzene rings is 1. The fourth-order valence-electron chi connectivity index (χ4n) is 1.71. The van der Waals surface area contributed by atoms with Gasteiger partial charge in [-0.2, -0.15) is 0 Å². The Bertz CT molecular complexity index is 421. The lowest BCUT2D eigenvalue weighted by Crippen LogP contribution is -2.22. The molecule has 0 bridgehead atoms. The number of ether oxygens (including phenoxy) is 2. The van der Waals surface area contributed by atoms with Gasteiger partial charge in [-0.3, -0.25) is 4.79 Å². The van der Waals surface area contributed by atoms with Crippen LogP contribution in [0, 0.1) is 0 Å². The van der Waals surface area contributed by atoms with Crippen molar-refractivity contribution in [3.63, 3.8) is 0 Å². The molecule has 0 aromatic heterocycles. The molecule has 0 fully saturated rings. The highest BCUT2D eigenvalue weighted by Gasteiger charge is 2.09. The van der Waals surface area contributed by atoms with Gasteiger partial charge in [0.05, 0.1) is 18.9 Å². The molecule has 0 aliphatic carbocycles. The molecule has 0 radical (unpaired) electrons. The first-order valence-corrected chi connectivity index (χ1v) is 6.41. The zero-order chi connectivity index (χ0) is 14.3. The molecule has 0 saturated carbocycles. The molecule has 0 spiro atoms. The molecule has 0 heterocycles. The number of hydrogen-bond donors (Lipinski definition) is 2. The number of anilines is 2. The molecule has 106 valence electrons. The topological polar surface area (TPSA) is 73.6 Å². The van der Waals surface area contributed by atoms with Crippen molar-refractivity contribution in [3.8, 4) is 5.75 Å². The average Bonchev–Trinajstić information content (AvgIpc) is 2.39. The van der Waals surface area contributed by atoms with Crippen LogP contribution in [0.5, 0.6) is 5.75 Å². The summed E-state index contributed by atoms with van der Waals surface area (Å²) in [6.45, 7) is 4.08. The second-order valence-corrected chi connectivity index (χ2v) is 4.42. The van der Waals surface area contributed by atoms with Crippen molar-refractivity contribution in [1.82, 2.24) is 0 Å². The number of rotatable bonds is 7. The summed E-state index contributed by atoms with van der Waals surface area (Å²) in [4.78, 5) is 11.8. The van der Waals surface area contributed by atoms with Gasteiger partial charge in [0.25, 0.3) is 0 Å². The van der Waals surface area contributed by atoms with E-state index in [1.54, 1.807) is 18.2 Å². The highest BCUT2D eigenvalue weighted by atomic mass is 16.5. The zero-order valence-electron chi connectivity index (χ0n) is 11.7. The molecule has 1 aromatic rings. The summed E-state index contributed by atoms with van der Waals surface area (Å²) in [5, 5.41) is 2.74. The van der Waals surface area contributed by atoms with E-state index < -0.39 is 0 Å². The maximum absolute atomic E-state index is 11.8. The van der Waals surface area contributed by atoms with E-state index in [2.05, 4.69) is 12.2 Å². The van der Waals surface area contributed by atoms with Gasteiger partial charge < -0.3 is 20.5 Å². The second-order valence-electron chi connectivity index (χ2n) is 4.42. The highest BCUT2D eigenvalue weighted by molar-refractivity contribution is 5.93. The Morgan fingerprint density at radius 2 is 2.21 bits per heavy atom. The minimum Gasteiger partial charge on any atom is -0.494 e. The third kappa shape index (κ3) is 5.18. The van der Waals surface area contributed by atoms with Gasteiger partial charge in [-0.1, -0.05) is 13.3 Å². The van der Waals surface area contributed by atoms with Crippen molar-refractivity contribution in [3.05, 3.63) is 18.2 Å². The molecule has 1 unspecified atom stereocenters. The smallest absolute Gasteiger partial charge is 0.250 e. The van der Waals surface area contributed by atoms with E-state index in [0.717, 1.165) is 12.8 Å². The Morgan fingerprint density at radius 3 is 2.84 bits per heavy atom. The van der Waals surface area contributed by atoms with E-state index in [-0.39, 0.29) is 18.6 Å². The predicted molar refractivity (Wildman–Crippen MR) is 76.4 cm³/mol. The highest BCUT2D eigenvalue weighted by Crippen LogP contribution is 2.26. The van der Waals surface area contributed by atoms with Gasteiger partial charge in [0.15, 0.2) is 0 Å². The van der Waals surface area contributed by atoms with Crippen molar-refractivity contribution in [2.24, 2.45) is 0 Å². The van der Waals surface area contributed by atoms with Crippen LogP contribution in [0.15, 0.2) is 18.2 Å². The number of methoxy groups -OCH3 is 1. The van der Waals surface area contributed by atoms with Crippen molar-refractivity contribution < 1.29 is 14.3 Å². The van der Waals surface area contributed by atoms with Crippen LogP contribution in [-0.4, -0.2) is 25.7 Å². The van der Waals surface area contributed by atoms with Crippen LogP contribution in [0.4, 0.5) is 11.4 Å². The number of amides is 1. The van der Waals surface area contributed by atoms with Crippen LogP contribution in [0.1, 0.15) is 26.7 Å². The summed E-state index contributed by atoms with van der Waals surface area (Å²) < 4.78 is 10.6. The maximum Gasteiger partial charge on any atom is 0.250 e. The quantitative estimate of drug-likeness (QED) is 0.743. The van der Waals surface area contributed by atoms with Gasteiger partial charge in [-0.15, -0.1) is 0 Å². The molecule has 1 rings (SSSR count). The van der Waals surface area contributed by atoms with E-state index in [1.165, 1.54) is 7.11 Å². The Kier molecular flexibility index (Phi) is 6.15. The van der Waals surface area contributed by atoms with Crippen LogP contribution >= 0.6 is 0 Å². The normalized spacial score (nSPS) is 11.9. The van der Waals surface area contributed by atoms with E-state index >= 15 is 0 Å². The minimum atomic E-state index is -0.203. The predicted octanol–water partition coefficient (Wildman–Crippen LogP) is 2.42. The number of hydrogen-bond acceptors (Lipinski definition) is 4. The molecule has 1 aromatic carbocycles. The fraction of sp³-hybridized carbons (Fsp3) is 0.500. The zero-order valence-corrected chi connectivity index (χ0v) is 11.7. The number of nitrogens with one attached hydrogen (secondary N) is 1. The standard InChI is InChI=1S/C14H22N2O3/c1-4-5-10(2)19-9-14(17)16-12-7-6-11(15)8-13(12)18-3/h6-8,10H,4-5,9,15H2,1-3H3,(H,16,17). The lowest BCUT2D eigenvalue weighted by molar-refractivity contribution is -0.122. The summed E-state index contributed by atoms with van der Waals surface area (Å²) in [6.07, 6.45) is 2.07. The number of nitrogens with two attached hydrogens (primary N) is 1. The molecular formula is C14H22N2O3. The third-order valence-electron chi connectivity index (χ3n) is 2.69. The van der Waals surface area contributed by atoms with Crippen LogP contribution < -0.4 is 15.8 Å². The first-order valence-electron chi connectivity index (χ1n) is 6.41. The molecule has 1 atom stereocenters. The van der Waals surface area contributed by atoms with Crippen LogP contribution in [-0.2, 0) is 9.53 Å². The summed E-state index contributed by atoms with van der Waals surface area (Å²) in [6, 6.07) is 5.08. The van der Waals surface area contributed by atoms with Gasteiger partial charge in [0.1, 0.15) is 12.4 Å². The summed E-state index contributed by atoms with van der Waals surface area (Å²) in [5.74, 6) is 0.334. The van der Waals surface area contributed by atoms with Crippen molar-refractivity contribution in [2.75, 3.05) is 24.8 Å². The van der Waals surface area contributed by atoms with E-state index in [0.29, 0.717) is 17.1 Å². The first-order chi connectivity index (χ1) is 9.06. The van der Waals surface area contributed by atoms with E-state index in [1.807, 2.05) is 6.92 Å². The van der Waals surface area contributed by atoms with Gasteiger partial charge >= 0.3 is 0 Å². The number of carbonyl (C=O) groups is 1. The van der Waals surface area contributed by atoms with Gasteiger partial charge in [-0.25, -0.2) is 0 Å². The van der Waals surface area contributed by atoms with Gasteiger partial charge in [-0.05, 0) is 25.5 Å². The summed E-state index contributed by atoms with van der Waals surface area (Å²) >= 11 is 0. The Labute approximate surface area is 114 Å². The van der Waals surface area contributed by atoms with Gasteiger partial charge in [0.2, 0.25) is 5.91 Å². The molecular weight excluding hydrogens is 244 g/mol. The van der Waals surface area contributed by atoms with Crippen molar-refractivity contribution in [2.45, 2.75) is 32.8 Å². The second kappa shape index (κ2) is 7.63. The molecule has 1 amide bonds. The molecule has 19 heavy (non-hydrogen) atoms. The van der Waals surface area contributed by atoms with E-state index in [4.69, 9.17) is 15.2 Å². The summed E-state index contributed by atoms with van der Waals surface area (Å²) in [7, 11) is 1.53. The van der Waals surface area contributed by atoms with Gasteiger partial charge in [0, 0.05) is 11.8 Å². The average molecular weight is 266 g/mol. The third-order valence-corrected chi connectivity index (χ3v) is 2.69. The molecule has 5 nitrogen and oxygen atoms in total. The maximum atomic E-state index is 11.8. The monoisotopic (exact) mass is 266 g/mol. The Hall–Kier alpha value is -1.75. The lowest BCUT2D eigenvalue weighted by Gasteiger charge is -2.13. The fourth-order valence-corrected chi connectivity index (χ4v) is 1.71. The minimum absolute atomic E-state index is 0.0364. The number of carbonyl (C=O) groups excluding carboxylic acids is 1. The van der Waals surface area contributed by atoms with Crippen molar-refractivity contribution in [1.29, 1.82) is 0 Å². The molecule has 5 heteroatoms. The molecule has 0 aliphatic heterocycles. The first kappa shape index (κ1) is 15.3. The largest absolute Gasteiger partial charge is 0.494 e. The number of nitrogen functional groups attached to an aromatic ring is 1. The Morgan fingerprint density at radius 1 is 1.47 bits per heavy atom. The SMILES string of the molecule is CCCC(C)OCC(=O)Nc1ccc(N)cc1OC. The van der Waals surface area contributed by atoms with Crippen LogP contribution in [0.2, 0.25) is 0 Å².